The molecule has 0 amide bonds. The molecule has 3 rings (SSSR count). The normalized spacial score (nSPS) is 17.2. The minimum absolute atomic E-state index is 0.279. The van der Waals surface area contributed by atoms with Crippen molar-refractivity contribution in [2.24, 2.45) is 0 Å². The minimum Gasteiger partial charge on any atom is -0.453 e. The molecule has 4 heteroatoms. The van der Waals surface area contributed by atoms with Gasteiger partial charge in [-0.2, -0.15) is 0 Å². The molecule has 0 saturated carbocycles. The summed E-state index contributed by atoms with van der Waals surface area (Å²) in [6.45, 7) is 4.13. The summed E-state index contributed by atoms with van der Waals surface area (Å²) in [4.78, 5) is 2.42. The summed E-state index contributed by atoms with van der Waals surface area (Å²) < 4.78 is 6.45. The standard InChI is InChI=1S/C15H17BrN2O/c1-10(14-5-6-15(16)19-14)18-8-7-12-11(9-18)3-2-4-13(12)17/h2-6,10H,7-9,17H2,1H3. The Morgan fingerprint density at radius 2 is 2.16 bits per heavy atom. The summed E-state index contributed by atoms with van der Waals surface area (Å²) in [5, 5.41) is 0. The second kappa shape index (κ2) is 5.02. The lowest BCUT2D eigenvalue weighted by Crippen LogP contribution is -2.33. The van der Waals surface area contributed by atoms with Crippen molar-refractivity contribution in [3.05, 3.63) is 51.9 Å². The smallest absolute Gasteiger partial charge is 0.169 e. The van der Waals surface area contributed by atoms with Crippen LogP contribution in [0, 0.1) is 0 Å². The fourth-order valence-electron chi connectivity index (χ4n) is 2.72. The van der Waals surface area contributed by atoms with Gasteiger partial charge in [0.15, 0.2) is 4.67 Å². The van der Waals surface area contributed by atoms with Gasteiger partial charge in [0.05, 0.1) is 6.04 Å². The number of furan rings is 1. The van der Waals surface area contributed by atoms with Crippen LogP contribution in [0.2, 0.25) is 0 Å². The molecular weight excluding hydrogens is 304 g/mol. The maximum atomic E-state index is 6.03. The monoisotopic (exact) mass is 320 g/mol. The maximum Gasteiger partial charge on any atom is 0.169 e. The Hall–Kier alpha value is -1.26. The first kappa shape index (κ1) is 12.8. The average Bonchev–Trinajstić information content (AvgIpc) is 2.84. The van der Waals surface area contributed by atoms with Gasteiger partial charge >= 0.3 is 0 Å². The Kier molecular flexibility index (Phi) is 3.37. The fraction of sp³-hybridized carbons (Fsp3) is 0.333. The average molecular weight is 321 g/mol. The van der Waals surface area contributed by atoms with Crippen LogP contribution >= 0.6 is 15.9 Å². The van der Waals surface area contributed by atoms with Crippen LogP contribution in [0.25, 0.3) is 0 Å². The Morgan fingerprint density at radius 1 is 1.32 bits per heavy atom. The molecule has 1 unspecified atom stereocenters. The molecule has 1 aromatic carbocycles. The Labute approximate surface area is 121 Å². The second-order valence-electron chi connectivity index (χ2n) is 5.02. The largest absolute Gasteiger partial charge is 0.453 e. The molecule has 19 heavy (non-hydrogen) atoms. The van der Waals surface area contributed by atoms with Crippen LogP contribution in [-0.2, 0) is 13.0 Å². The number of hydrogen-bond donors (Lipinski definition) is 1. The fourth-order valence-corrected chi connectivity index (χ4v) is 3.04. The maximum absolute atomic E-state index is 6.03. The summed E-state index contributed by atoms with van der Waals surface area (Å²) >= 11 is 3.36. The topological polar surface area (TPSA) is 42.4 Å². The predicted molar refractivity (Wildman–Crippen MR) is 79.8 cm³/mol. The molecular formula is C15H17BrN2O. The molecule has 2 N–H and O–H groups in total. The quantitative estimate of drug-likeness (QED) is 0.857. The van der Waals surface area contributed by atoms with Crippen LogP contribution < -0.4 is 5.73 Å². The van der Waals surface area contributed by atoms with Gasteiger partial charge in [-0.1, -0.05) is 12.1 Å². The molecule has 0 fully saturated rings. The number of rotatable bonds is 2. The van der Waals surface area contributed by atoms with Gasteiger partial charge in [-0.25, -0.2) is 0 Å². The third-order valence-corrected chi connectivity index (χ3v) is 4.31. The lowest BCUT2D eigenvalue weighted by atomic mass is 9.97. The molecule has 0 radical (unpaired) electrons. The molecule has 2 heterocycles. The summed E-state index contributed by atoms with van der Waals surface area (Å²) in [5.74, 6) is 0.999. The minimum atomic E-state index is 0.279. The lowest BCUT2D eigenvalue weighted by Gasteiger charge is -2.33. The summed E-state index contributed by atoms with van der Waals surface area (Å²) in [5.41, 5.74) is 9.60. The number of halogens is 1. The van der Waals surface area contributed by atoms with Crippen molar-refractivity contribution in [2.45, 2.75) is 25.9 Å². The van der Waals surface area contributed by atoms with Crippen molar-refractivity contribution in [3.8, 4) is 0 Å². The van der Waals surface area contributed by atoms with E-state index in [9.17, 15) is 0 Å². The van der Waals surface area contributed by atoms with E-state index in [1.54, 1.807) is 0 Å². The van der Waals surface area contributed by atoms with Gasteiger partial charge in [-0.05, 0) is 58.6 Å². The molecule has 1 aliphatic rings. The van der Waals surface area contributed by atoms with E-state index in [0.717, 1.165) is 35.6 Å². The zero-order valence-electron chi connectivity index (χ0n) is 10.9. The van der Waals surface area contributed by atoms with E-state index in [1.165, 1.54) is 11.1 Å². The third-order valence-electron chi connectivity index (χ3n) is 3.89. The van der Waals surface area contributed by atoms with E-state index in [4.69, 9.17) is 10.2 Å². The highest BCUT2D eigenvalue weighted by Crippen LogP contribution is 2.31. The zero-order valence-corrected chi connectivity index (χ0v) is 12.5. The zero-order chi connectivity index (χ0) is 13.4. The van der Waals surface area contributed by atoms with Crippen molar-refractivity contribution < 1.29 is 4.42 Å². The Bertz CT molecular complexity index is 594. The van der Waals surface area contributed by atoms with Crippen LogP contribution in [0.3, 0.4) is 0 Å². The molecule has 1 atom stereocenters. The van der Waals surface area contributed by atoms with E-state index in [2.05, 4.69) is 33.8 Å². The summed E-state index contributed by atoms with van der Waals surface area (Å²) in [6.07, 6.45) is 1.01. The molecule has 0 bridgehead atoms. The molecule has 100 valence electrons. The number of anilines is 1. The van der Waals surface area contributed by atoms with Crippen LogP contribution in [0.4, 0.5) is 5.69 Å². The van der Waals surface area contributed by atoms with Crippen LogP contribution in [0.15, 0.2) is 39.4 Å². The van der Waals surface area contributed by atoms with E-state index < -0.39 is 0 Å². The van der Waals surface area contributed by atoms with Gasteiger partial charge in [0.2, 0.25) is 0 Å². The SMILES string of the molecule is CC(c1ccc(Br)o1)N1CCc2c(N)cccc2C1. The molecule has 1 aliphatic heterocycles. The molecule has 1 aromatic heterocycles. The second-order valence-corrected chi connectivity index (χ2v) is 5.80. The van der Waals surface area contributed by atoms with Gasteiger partial charge in [0.25, 0.3) is 0 Å². The molecule has 3 nitrogen and oxygen atoms in total. The summed E-state index contributed by atoms with van der Waals surface area (Å²) in [7, 11) is 0. The number of hydrogen-bond acceptors (Lipinski definition) is 3. The van der Waals surface area contributed by atoms with E-state index in [-0.39, 0.29) is 6.04 Å². The molecule has 0 spiro atoms. The molecule has 0 aliphatic carbocycles. The lowest BCUT2D eigenvalue weighted by molar-refractivity contribution is 0.170. The van der Waals surface area contributed by atoms with Crippen LogP contribution in [0.1, 0.15) is 29.9 Å². The van der Waals surface area contributed by atoms with Crippen molar-refractivity contribution in [1.29, 1.82) is 0 Å². The van der Waals surface area contributed by atoms with E-state index >= 15 is 0 Å². The third kappa shape index (κ3) is 2.42. The summed E-state index contributed by atoms with van der Waals surface area (Å²) in [6, 6.07) is 10.4. The van der Waals surface area contributed by atoms with Gasteiger partial charge in [-0.3, -0.25) is 4.90 Å². The number of benzene rings is 1. The number of nitrogens with two attached hydrogens (primary N) is 1. The van der Waals surface area contributed by atoms with Crippen LogP contribution in [0.5, 0.6) is 0 Å². The highest BCUT2D eigenvalue weighted by atomic mass is 79.9. The van der Waals surface area contributed by atoms with E-state index in [0.29, 0.717) is 0 Å². The highest BCUT2D eigenvalue weighted by Gasteiger charge is 2.24. The number of nitrogen functional groups attached to an aromatic ring is 1. The number of nitrogens with zero attached hydrogens (tertiary/aromatic N) is 1. The van der Waals surface area contributed by atoms with Gasteiger partial charge < -0.3 is 10.2 Å². The molecule has 0 saturated heterocycles. The number of fused-ring (bicyclic) bond motifs is 1. The first-order chi connectivity index (χ1) is 9.15. The van der Waals surface area contributed by atoms with Gasteiger partial charge in [0.1, 0.15) is 5.76 Å². The van der Waals surface area contributed by atoms with Crippen molar-refractivity contribution in [1.82, 2.24) is 4.90 Å². The first-order valence-electron chi connectivity index (χ1n) is 6.50. The highest BCUT2D eigenvalue weighted by molar-refractivity contribution is 9.10. The van der Waals surface area contributed by atoms with Crippen molar-refractivity contribution in [2.75, 3.05) is 12.3 Å². The Morgan fingerprint density at radius 3 is 2.89 bits per heavy atom. The first-order valence-corrected chi connectivity index (χ1v) is 7.30. The van der Waals surface area contributed by atoms with Crippen molar-refractivity contribution in [3.63, 3.8) is 0 Å². The van der Waals surface area contributed by atoms with Gasteiger partial charge in [0, 0.05) is 18.8 Å². The van der Waals surface area contributed by atoms with Crippen LogP contribution in [-0.4, -0.2) is 11.4 Å². The predicted octanol–water partition coefficient (Wildman–Crippen LogP) is 3.74. The van der Waals surface area contributed by atoms with Gasteiger partial charge in [-0.15, -0.1) is 0 Å². The van der Waals surface area contributed by atoms with Crippen molar-refractivity contribution >= 4 is 21.6 Å². The molecule has 2 aromatic rings. The van der Waals surface area contributed by atoms with E-state index in [1.807, 2.05) is 24.3 Å². The Balaban J connectivity index is 1.82.